The molecule has 4 nitrogen and oxygen atoms in total. The van der Waals surface area contributed by atoms with Crippen LogP contribution < -0.4 is 0 Å². The molecule has 19 heavy (non-hydrogen) atoms. The third-order valence-electron chi connectivity index (χ3n) is 5.13. The summed E-state index contributed by atoms with van der Waals surface area (Å²) in [6, 6.07) is 0. The van der Waals surface area contributed by atoms with E-state index in [1.54, 1.807) is 7.11 Å². The predicted octanol–water partition coefficient (Wildman–Crippen LogP) is 2.21. The van der Waals surface area contributed by atoms with Gasteiger partial charge in [0.1, 0.15) is 6.79 Å². The fourth-order valence-electron chi connectivity index (χ4n) is 4.46. The highest BCUT2D eigenvalue weighted by Crippen LogP contribution is 2.55. The number of hydrogen-bond donors (Lipinski definition) is 0. The standard InChI is InChI=1S/C15H26O4/c1-4-10-13-12-6-9(7-17-8-16-3)15(19-12)14(13)11(5-2)18-10/h9-15H,4-8H2,1-3H3. The zero-order chi connectivity index (χ0) is 13.4. The van der Waals surface area contributed by atoms with Gasteiger partial charge >= 0.3 is 0 Å². The average Bonchev–Trinajstić information content (AvgIpc) is 3.08. The molecule has 0 aromatic rings. The molecule has 3 rings (SSSR count). The Morgan fingerprint density at radius 1 is 1.05 bits per heavy atom. The van der Waals surface area contributed by atoms with Gasteiger partial charge in [0.15, 0.2) is 0 Å². The third-order valence-corrected chi connectivity index (χ3v) is 5.13. The van der Waals surface area contributed by atoms with Crippen molar-refractivity contribution in [2.24, 2.45) is 17.8 Å². The summed E-state index contributed by atoms with van der Waals surface area (Å²) < 4.78 is 23.0. The van der Waals surface area contributed by atoms with Crippen molar-refractivity contribution in [3.8, 4) is 0 Å². The summed E-state index contributed by atoms with van der Waals surface area (Å²) in [5.41, 5.74) is 0. The molecule has 2 bridgehead atoms. The first-order chi connectivity index (χ1) is 9.30. The lowest BCUT2D eigenvalue weighted by atomic mass is 9.71. The first-order valence-corrected chi connectivity index (χ1v) is 7.67. The molecule has 3 heterocycles. The molecular weight excluding hydrogens is 244 g/mol. The minimum Gasteiger partial charge on any atom is -0.374 e. The highest BCUT2D eigenvalue weighted by atomic mass is 16.7. The van der Waals surface area contributed by atoms with Crippen LogP contribution in [0.3, 0.4) is 0 Å². The molecule has 0 N–H and O–H groups in total. The van der Waals surface area contributed by atoms with Crippen molar-refractivity contribution in [1.82, 2.24) is 0 Å². The average molecular weight is 270 g/mol. The molecule has 3 fully saturated rings. The molecule has 3 saturated heterocycles. The Balaban J connectivity index is 1.66. The van der Waals surface area contributed by atoms with Crippen LogP contribution in [-0.2, 0) is 18.9 Å². The van der Waals surface area contributed by atoms with Gasteiger partial charge in [-0.25, -0.2) is 0 Å². The summed E-state index contributed by atoms with van der Waals surface area (Å²) in [4.78, 5) is 0. The van der Waals surface area contributed by atoms with Gasteiger partial charge in [-0.15, -0.1) is 0 Å². The minimum atomic E-state index is 0.341. The Hall–Kier alpha value is -0.160. The quantitative estimate of drug-likeness (QED) is 0.548. The first-order valence-electron chi connectivity index (χ1n) is 7.67. The topological polar surface area (TPSA) is 36.9 Å². The maximum absolute atomic E-state index is 6.25. The normalized spacial score (nSPS) is 47.8. The molecular formula is C15H26O4. The van der Waals surface area contributed by atoms with Crippen LogP contribution in [0, 0.1) is 17.8 Å². The van der Waals surface area contributed by atoms with Crippen molar-refractivity contribution in [3.63, 3.8) is 0 Å². The van der Waals surface area contributed by atoms with E-state index in [0.29, 0.717) is 49.0 Å². The molecule has 0 saturated carbocycles. The van der Waals surface area contributed by atoms with Crippen molar-refractivity contribution in [3.05, 3.63) is 0 Å². The monoisotopic (exact) mass is 270 g/mol. The molecule has 0 radical (unpaired) electrons. The van der Waals surface area contributed by atoms with E-state index < -0.39 is 0 Å². The summed E-state index contributed by atoms with van der Waals surface area (Å²) in [7, 11) is 1.66. The van der Waals surface area contributed by atoms with E-state index in [4.69, 9.17) is 18.9 Å². The molecule has 4 heteroatoms. The summed E-state index contributed by atoms with van der Waals surface area (Å²) in [5, 5.41) is 0. The Bertz CT molecular complexity index is 309. The minimum absolute atomic E-state index is 0.341. The SMILES string of the molecule is CCC1OC(CC)C2C3OC(CC3COCOC)C12. The van der Waals surface area contributed by atoms with Gasteiger partial charge in [-0.05, 0) is 19.3 Å². The highest BCUT2D eigenvalue weighted by molar-refractivity contribution is 5.08. The fourth-order valence-corrected chi connectivity index (χ4v) is 4.46. The third kappa shape index (κ3) is 2.23. The van der Waals surface area contributed by atoms with Crippen molar-refractivity contribution in [1.29, 1.82) is 0 Å². The Kier molecular flexibility index (Phi) is 4.13. The van der Waals surface area contributed by atoms with Crippen LogP contribution in [-0.4, -0.2) is 44.9 Å². The maximum Gasteiger partial charge on any atom is 0.146 e. The van der Waals surface area contributed by atoms with Crippen molar-refractivity contribution >= 4 is 0 Å². The van der Waals surface area contributed by atoms with Gasteiger partial charge < -0.3 is 18.9 Å². The highest BCUT2D eigenvalue weighted by Gasteiger charge is 2.61. The van der Waals surface area contributed by atoms with Gasteiger partial charge in [0.2, 0.25) is 0 Å². The lowest BCUT2D eigenvalue weighted by molar-refractivity contribution is -0.0632. The van der Waals surface area contributed by atoms with E-state index in [0.717, 1.165) is 25.9 Å². The largest absolute Gasteiger partial charge is 0.374 e. The lowest BCUT2D eigenvalue weighted by Crippen LogP contribution is -2.38. The number of ether oxygens (including phenoxy) is 4. The second-order valence-corrected chi connectivity index (χ2v) is 6.10. The van der Waals surface area contributed by atoms with Gasteiger partial charge in [-0.1, -0.05) is 13.8 Å². The van der Waals surface area contributed by atoms with E-state index in [1.165, 1.54) is 0 Å². The molecule has 7 atom stereocenters. The molecule has 0 aromatic heterocycles. The van der Waals surface area contributed by atoms with E-state index in [9.17, 15) is 0 Å². The van der Waals surface area contributed by atoms with Gasteiger partial charge in [0.05, 0.1) is 31.0 Å². The molecule has 0 aliphatic carbocycles. The van der Waals surface area contributed by atoms with Crippen molar-refractivity contribution in [2.45, 2.75) is 57.5 Å². The fraction of sp³-hybridized carbons (Fsp3) is 1.00. The van der Waals surface area contributed by atoms with Gasteiger partial charge in [0.25, 0.3) is 0 Å². The summed E-state index contributed by atoms with van der Waals surface area (Å²) in [5.74, 6) is 1.73. The predicted molar refractivity (Wildman–Crippen MR) is 70.8 cm³/mol. The Morgan fingerprint density at radius 3 is 2.47 bits per heavy atom. The Morgan fingerprint density at radius 2 is 1.79 bits per heavy atom. The first kappa shape index (κ1) is 13.8. The summed E-state index contributed by atoms with van der Waals surface area (Å²) in [6.45, 7) is 5.59. The second-order valence-electron chi connectivity index (χ2n) is 6.10. The maximum atomic E-state index is 6.25. The summed E-state index contributed by atoms with van der Waals surface area (Å²) in [6.07, 6.45) is 4.86. The van der Waals surface area contributed by atoms with Crippen LogP contribution in [0.4, 0.5) is 0 Å². The molecule has 0 spiro atoms. The molecule has 7 unspecified atom stereocenters. The smallest absolute Gasteiger partial charge is 0.146 e. The van der Waals surface area contributed by atoms with Crippen LogP contribution in [0.5, 0.6) is 0 Å². The number of rotatable bonds is 6. The van der Waals surface area contributed by atoms with E-state index in [-0.39, 0.29) is 0 Å². The van der Waals surface area contributed by atoms with Crippen molar-refractivity contribution < 1.29 is 18.9 Å². The van der Waals surface area contributed by atoms with Gasteiger partial charge in [0, 0.05) is 24.9 Å². The molecule has 3 aliphatic rings. The van der Waals surface area contributed by atoms with Gasteiger partial charge in [-0.3, -0.25) is 0 Å². The van der Waals surface area contributed by atoms with E-state index in [2.05, 4.69) is 13.8 Å². The van der Waals surface area contributed by atoms with Crippen LogP contribution in [0.2, 0.25) is 0 Å². The number of methoxy groups -OCH3 is 1. The Labute approximate surface area is 115 Å². The van der Waals surface area contributed by atoms with Crippen molar-refractivity contribution in [2.75, 3.05) is 20.5 Å². The summed E-state index contributed by atoms with van der Waals surface area (Å²) >= 11 is 0. The number of hydrogen-bond acceptors (Lipinski definition) is 4. The van der Waals surface area contributed by atoms with E-state index in [1.807, 2.05) is 0 Å². The second kappa shape index (κ2) is 5.68. The zero-order valence-electron chi connectivity index (χ0n) is 12.2. The lowest BCUT2D eigenvalue weighted by Gasteiger charge is -2.30. The van der Waals surface area contributed by atoms with Crippen LogP contribution in [0.15, 0.2) is 0 Å². The van der Waals surface area contributed by atoms with E-state index >= 15 is 0 Å². The van der Waals surface area contributed by atoms with Crippen LogP contribution >= 0.6 is 0 Å². The zero-order valence-corrected chi connectivity index (χ0v) is 12.2. The molecule has 0 aromatic carbocycles. The number of fused-ring (bicyclic) bond motifs is 5. The molecule has 3 aliphatic heterocycles. The molecule has 0 amide bonds. The van der Waals surface area contributed by atoms with Gasteiger partial charge in [-0.2, -0.15) is 0 Å². The molecule has 110 valence electrons. The van der Waals surface area contributed by atoms with Crippen LogP contribution in [0.25, 0.3) is 0 Å². The van der Waals surface area contributed by atoms with Crippen LogP contribution in [0.1, 0.15) is 33.1 Å².